The van der Waals surface area contributed by atoms with Crippen molar-refractivity contribution in [1.29, 1.82) is 0 Å². The molecule has 2 fully saturated rings. The number of hydrogen-bond donors (Lipinski definition) is 1. The van der Waals surface area contributed by atoms with Gasteiger partial charge in [0, 0.05) is 18.8 Å². The first-order valence-electron chi connectivity index (χ1n) is 7.34. The van der Waals surface area contributed by atoms with Gasteiger partial charge in [-0.3, -0.25) is 4.79 Å². The molecule has 0 spiro atoms. The van der Waals surface area contributed by atoms with E-state index in [9.17, 15) is 9.90 Å². The van der Waals surface area contributed by atoms with E-state index in [2.05, 4.69) is 4.90 Å². The Bertz CT molecular complexity index is 516. The summed E-state index contributed by atoms with van der Waals surface area (Å²) < 4.78 is 5.30. The number of rotatable bonds is 4. The molecule has 20 heavy (non-hydrogen) atoms. The van der Waals surface area contributed by atoms with Crippen LogP contribution in [-0.2, 0) is 10.2 Å². The van der Waals surface area contributed by atoms with Crippen LogP contribution in [0.1, 0.15) is 37.7 Å². The molecule has 108 valence electrons. The van der Waals surface area contributed by atoms with E-state index in [4.69, 9.17) is 4.74 Å². The minimum Gasteiger partial charge on any atom is -0.497 e. The van der Waals surface area contributed by atoms with Gasteiger partial charge in [-0.15, -0.1) is 0 Å². The molecule has 3 rings (SSSR count). The zero-order valence-corrected chi connectivity index (χ0v) is 11.9. The molecule has 1 aromatic carbocycles. The van der Waals surface area contributed by atoms with Gasteiger partial charge in [0.2, 0.25) is 0 Å². The zero-order valence-electron chi connectivity index (χ0n) is 11.9. The quantitative estimate of drug-likeness (QED) is 0.918. The zero-order chi connectivity index (χ0) is 14.2. The summed E-state index contributed by atoms with van der Waals surface area (Å²) in [6.45, 7) is 2.05. The first-order valence-corrected chi connectivity index (χ1v) is 7.34. The normalized spacial score (nSPS) is 20.6. The number of hydrogen-bond acceptors (Lipinski definition) is 3. The highest BCUT2D eigenvalue weighted by atomic mass is 16.5. The highest BCUT2D eigenvalue weighted by Crippen LogP contribution is 2.48. The molecule has 1 saturated heterocycles. The van der Waals surface area contributed by atoms with Crippen LogP contribution in [0.2, 0.25) is 0 Å². The second-order valence-corrected chi connectivity index (χ2v) is 5.82. The first-order chi connectivity index (χ1) is 9.67. The monoisotopic (exact) mass is 275 g/mol. The van der Waals surface area contributed by atoms with Gasteiger partial charge in [0.1, 0.15) is 5.75 Å². The predicted octanol–water partition coefficient (Wildman–Crippen LogP) is 2.80. The molecule has 1 aliphatic heterocycles. The van der Waals surface area contributed by atoms with Gasteiger partial charge >= 0.3 is 5.97 Å². The highest BCUT2D eigenvalue weighted by molar-refractivity contribution is 5.85. The molecule has 0 atom stereocenters. The molecule has 1 aliphatic carbocycles. The maximum atomic E-state index is 11.8. The number of carboxylic acids is 1. The molecule has 2 aliphatic rings. The minimum atomic E-state index is -0.702. The lowest BCUT2D eigenvalue weighted by Gasteiger charge is -2.40. The topological polar surface area (TPSA) is 49.8 Å². The van der Waals surface area contributed by atoms with Gasteiger partial charge in [0.25, 0.3) is 0 Å². The number of nitrogens with zero attached hydrogens (tertiary/aromatic N) is 1. The lowest BCUT2D eigenvalue weighted by atomic mass is 9.64. The maximum Gasteiger partial charge on any atom is 0.314 e. The summed E-state index contributed by atoms with van der Waals surface area (Å²) in [5.41, 5.74) is 1.33. The van der Waals surface area contributed by atoms with E-state index in [1.165, 1.54) is 12.8 Å². The Morgan fingerprint density at radius 3 is 2.45 bits per heavy atom. The third kappa shape index (κ3) is 1.94. The van der Waals surface area contributed by atoms with Crippen molar-refractivity contribution in [3.63, 3.8) is 0 Å². The van der Waals surface area contributed by atoms with Crippen LogP contribution >= 0.6 is 0 Å². The fourth-order valence-electron chi connectivity index (χ4n) is 3.39. The van der Waals surface area contributed by atoms with Crippen molar-refractivity contribution in [2.24, 2.45) is 0 Å². The molecule has 0 aromatic heterocycles. The van der Waals surface area contributed by atoms with Gasteiger partial charge in [-0.1, -0.05) is 6.42 Å². The molecule has 1 N–H and O–H groups in total. The van der Waals surface area contributed by atoms with Crippen LogP contribution in [0.4, 0.5) is 5.69 Å². The summed E-state index contributed by atoms with van der Waals surface area (Å²) in [5, 5.41) is 9.71. The number of ether oxygens (including phenoxy) is 1. The van der Waals surface area contributed by atoms with Crippen molar-refractivity contribution in [2.45, 2.75) is 37.5 Å². The van der Waals surface area contributed by atoms with Crippen LogP contribution in [0.5, 0.6) is 5.75 Å². The molecule has 0 radical (unpaired) electrons. The lowest BCUT2D eigenvalue weighted by molar-refractivity contribution is -0.147. The number of benzene rings is 1. The van der Waals surface area contributed by atoms with Crippen molar-refractivity contribution < 1.29 is 14.6 Å². The third-order valence-corrected chi connectivity index (χ3v) is 4.78. The van der Waals surface area contributed by atoms with E-state index in [-0.39, 0.29) is 0 Å². The molecule has 1 saturated carbocycles. The molecule has 1 heterocycles. The Balaban J connectivity index is 2.08. The smallest absolute Gasteiger partial charge is 0.314 e. The van der Waals surface area contributed by atoms with Crippen LogP contribution in [-0.4, -0.2) is 31.3 Å². The van der Waals surface area contributed by atoms with Gasteiger partial charge in [-0.25, -0.2) is 0 Å². The van der Waals surface area contributed by atoms with Gasteiger partial charge in [0.15, 0.2) is 0 Å². The molecule has 0 bridgehead atoms. The van der Waals surface area contributed by atoms with E-state index in [1.807, 2.05) is 18.2 Å². The fourth-order valence-corrected chi connectivity index (χ4v) is 3.39. The van der Waals surface area contributed by atoms with E-state index >= 15 is 0 Å². The van der Waals surface area contributed by atoms with Crippen LogP contribution in [0.25, 0.3) is 0 Å². The van der Waals surface area contributed by atoms with Gasteiger partial charge < -0.3 is 14.7 Å². The Morgan fingerprint density at radius 1 is 1.25 bits per heavy atom. The summed E-state index contributed by atoms with van der Waals surface area (Å²) >= 11 is 0. The molecule has 4 heteroatoms. The highest BCUT2D eigenvalue weighted by Gasteiger charge is 2.48. The van der Waals surface area contributed by atoms with Gasteiger partial charge in [-0.05, 0) is 49.4 Å². The molecule has 1 aromatic rings. The average molecular weight is 275 g/mol. The maximum absolute atomic E-state index is 11.8. The van der Waals surface area contributed by atoms with Crippen LogP contribution in [0, 0.1) is 0 Å². The Morgan fingerprint density at radius 2 is 1.95 bits per heavy atom. The van der Waals surface area contributed by atoms with Crippen LogP contribution in [0.3, 0.4) is 0 Å². The summed E-state index contributed by atoms with van der Waals surface area (Å²) in [7, 11) is 1.63. The van der Waals surface area contributed by atoms with Crippen molar-refractivity contribution in [2.75, 3.05) is 25.1 Å². The Hall–Kier alpha value is -1.71. The van der Waals surface area contributed by atoms with Crippen molar-refractivity contribution >= 4 is 11.7 Å². The number of anilines is 1. The Labute approximate surface area is 119 Å². The summed E-state index contributed by atoms with van der Waals surface area (Å²) in [4.78, 5) is 14.1. The summed E-state index contributed by atoms with van der Waals surface area (Å²) in [5.74, 6) is 0.0490. The average Bonchev–Trinajstić information content (AvgIpc) is 2.90. The largest absolute Gasteiger partial charge is 0.497 e. The van der Waals surface area contributed by atoms with E-state index in [0.29, 0.717) is 0 Å². The second-order valence-electron chi connectivity index (χ2n) is 5.82. The summed E-state index contributed by atoms with van der Waals surface area (Å²) in [6.07, 6.45) is 4.83. The number of carboxylic acid groups (broad SMARTS) is 1. The van der Waals surface area contributed by atoms with Gasteiger partial charge in [-0.2, -0.15) is 0 Å². The molecule has 0 unspecified atom stereocenters. The molecule has 4 nitrogen and oxygen atoms in total. The van der Waals surface area contributed by atoms with E-state index in [1.54, 1.807) is 7.11 Å². The first kappa shape index (κ1) is 13.3. The standard InChI is InChI=1S/C16H21NO3/c1-20-12-5-6-14(17-9-2-3-10-17)13(11-12)16(15(18)19)7-4-8-16/h5-6,11H,2-4,7-10H2,1H3,(H,18,19). The van der Waals surface area contributed by atoms with Crippen molar-refractivity contribution in [1.82, 2.24) is 0 Å². The SMILES string of the molecule is COc1ccc(N2CCCC2)c(C2(C(=O)O)CCC2)c1. The third-order valence-electron chi connectivity index (χ3n) is 4.78. The van der Waals surface area contributed by atoms with Crippen LogP contribution < -0.4 is 9.64 Å². The number of aliphatic carboxylic acids is 1. The number of carbonyl (C=O) groups is 1. The molecule has 0 amide bonds. The van der Waals surface area contributed by atoms with Crippen LogP contribution in [0.15, 0.2) is 18.2 Å². The van der Waals surface area contributed by atoms with E-state index < -0.39 is 11.4 Å². The van der Waals surface area contributed by atoms with Crippen molar-refractivity contribution in [3.8, 4) is 5.75 Å². The Kier molecular flexibility index (Phi) is 3.32. The molecular weight excluding hydrogens is 254 g/mol. The fraction of sp³-hybridized carbons (Fsp3) is 0.562. The van der Waals surface area contributed by atoms with Gasteiger partial charge in [0.05, 0.1) is 12.5 Å². The summed E-state index contributed by atoms with van der Waals surface area (Å²) in [6, 6.07) is 5.90. The minimum absolute atomic E-state index is 0.697. The van der Waals surface area contributed by atoms with E-state index in [0.717, 1.165) is 49.4 Å². The second kappa shape index (κ2) is 5.00. The van der Waals surface area contributed by atoms with Crippen molar-refractivity contribution in [3.05, 3.63) is 23.8 Å². The predicted molar refractivity (Wildman–Crippen MR) is 77.6 cm³/mol. The number of methoxy groups -OCH3 is 1. The lowest BCUT2D eigenvalue weighted by Crippen LogP contribution is -2.43. The molecular formula is C16H21NO3.